The van der Waals surface area contributed by atoms with E-state index in [-0.39, 0.29) is 11.2 Å². The second-order valence-electron chi connectivity index (χ2n) is 9.38. The first-order valence-electron chi connectivity index (χ1n) is 11.2. The fourth-order valence-corrected chi connectivity index (χ4v) is 3.69. The van der Waals surface area contributed by atoms with E-state index in [9.17, 15) is 4.79 Å². The molecule has 3 aromatic rings. The minimum absolute atomic E-state index is 0.00212. The first-order chi connectivity index (χ1) is 15.6. The van der Waals surface area contributed by atoms with Gasteiger partial charge in [0.2, 0.25) is 0 Å². The van der Waals surface area contributed by atoms with Crippen molar-refractivity contribution in [1.29, 1.82) is 0 Å². The number of nitrogens with one attached hydrogen (secondary N) is 2. The number of aryl methyl sites for hydroxylation is 1. The molecule has 0 radical (unpaired) electrons. The summed E-state index contributed by atoms with van der Waals surface area (Å²) in [4.78, 5) is 15.1. The molecule has 3 aromatic carbocycles. The lowest BCUT2D eigenvalue weighted by Gasteiger charge is -2.20. The highest BCUT2D eigenvalue weighted by atomic mass is 32.1. The maximum atomic E-state index is 13.0. The van der Waals surface area contributed by atoms with Gasteiger partial charge in [-0.25, -0.2) is 0 Å². The average Bonchev–Trinajstić information content (AvgIpc) is 2.78. The number of thiocarbonyl (C=S) groups is 1. The molecule has 4 nitrogen and oxygen atoms in total. The third-order valence-corrected chi connectivity index (χ3v) is 5.85. The van der Waals surface area contributed by atoms with Crippen molar-refractivity contribution >= 4 is 34.5 Å². The van der Waals surface area contributed by atoms with Gasteiger partial charge in [0, 0.05) is 42.6 Å². The Kier molecular flexibility index (Phi) is 7.88. The van der Waals surface area contributed by atoms with Gasteiger partial charge in [0.15, 0.2) is 10.9 Å². The summed E-state index contributed by atoms with van der Waals surface area (Å²) in [6.07, 6.45) is 0. The maximum absolute atomic E-state index is 13.0. The molecule has 0 aliphatic rings. The topological polar surface area (TPSA) is 44.4 Å². The summed E-state index contributed by atoms with van der Waals surface area (Å²) in [7, 11) is 2.06. The normalized spacial score (nSPS) is 11.1. The second kappa shape index (κ2) is 10.6. The molecule has 3 rings (SSSR count). The van der Waals surface area contributed by atoms with E-state index in [4.69, 9.17) is 12.2 Å². The molecule has 0 saturated heterocycles. The molecule has 0 bridgehead atoms. The van der Waals surface area contributed by atoms with Crippen molar-refractivity contribution in [3.05, 3.63) is 95.1 Å². The summed E-state index contributed by atoms with van der Waals surface area (Å²) >= 11 is 5.45. The van der Waals surface area contributed by atoms with Crippen LogP contribution in [0.5, 0.6) is 0 Å². The van der Waals surface area contributed by atoms with Crippen molar-refractivity contribution in [3.63, 3.8) is 0 Å². The monoisotopic (exact) mass is 459 g/mol. The van der Waals surface area contributed by atoms with Crippen LogP contribution in [-0.4, -0.2) is 31.0 Å². The van der Waals surface area contributed by atoms with Crippen LogP contribution >= 0.6 is 12.2 Å². The van der Waals surface area contributed by atoms with E-state index in [1.807, 2.05) is 48.5 Å². The maximum Gasteiger partial charge on any atom is 0.193 e. The molecule has 33 heavy (non-hydrogen) atoms. The number of hydrogen-bond acceptors (Lipinski definition) is 3. The van der Waals surface area contributed by atoms with E-state index in [1.165, 1.54) is 16.8 Å². The van der Waals surface area contributed by atoms with Crippen molar-refractivity contribution in [2.45, 2.75) is 33.1 Å². The van der Waals surface area contributed by atoms with E-state index >= 15 is 0 Å². The molecular formula is C28H33N3OS. The fraction of sp³-hybridized carbons (Fsp3) is 0.286. The average molecular weight is 460 g/mol. The number of hydrogen-bond donors (Lipinski definition) is 2. The largest absolute Gasteiger partial charge is 0.373 e. The molecule has 5 heteroatoms. The molecule has 0 aliphatic heterocycles. The molecule has 0 aromatic heterocycles. The highest BCUT2D eigenvalue weighted by molar-refractivity contribution is 7.80. The number of carbonyl (C=O) groups excluding carboxylic acids is 1. The lowest BCUT2D eigenvalue weighted by atomic mass is 9.86. The predicted molar refractivity (Wildman–Crippen MR) is 144 cm³/mol. The Labute approximate surface area is 203 Å². The number of nitrogens with zero attached hydrogens (tertiary/aromatic N) is 1. The zero-order valence-electron chi connectivity index (χ0n) is 20.1. The first-order valence-corrected chi connectivity index (χ1v) is 11.6. The van der Waals surface area contributed by atoms with E-state index < -0.39 is 0 Å². The quantitative estimate of drug-likeness (QED) is 0.338. The molecule has 0 atom stereocenters. The third kappa shape index (κ3) is 6.90. The molecule has 0 spiro atoms. The molecule has 2 N–H and O–H groups in total. The van der Waals surface area contributed by atoms with Crippen molar-refractivity contribution < 1.29 is 4.79 Å². The number of carbonyl (C=O) groups is 1. The molecule has 172 valence electrons. The van der Waals surface area contributed by atoms with E-state index in [0.717, 1.165) is 12.2 Å². The van der Waals surface area contributed by atoms with Crippen LogP contribution in [0, 0.1) is 6.92 Å². The Bertz CT molecular complexity index is 1100. The van der Waals surface area contributed by atoms with E-state index in [2.05, 4.69) is 74.5 Å². The Morgan fingerprint density at radius 3 is 2.24 bits per heavy atom. The van der Waals surface area contributed by atoms with Crippen LogP contribution in [0.1, 0.15) is 47.8 Å². The Morgan fingerprint density at radius 2 is 1.61 bits per heavy atom. The molecular weight excluding hydrogens is 426 g/mol. The van der Waals surface area contributed by atoms with Gasteiger partial charge >= 0.3 is 0 Å². The van der Waals surface area contributed by atoms with Crippen LogP contribution in [-0.2, 0) is 5.41 Å². The zero-order chi connectivity index (χ0) is 24.0. The Hall–Kier alpha value is -3.18. The van der Waals surface area contributed by atoms with Gasteiger partial charge in [-0.15, -0.1) is 0 Å². The van der Waals surface area contributed by atoms with E-state index in [1.54, 1.807) is 0 Å². The molecule has 0 aliphatic carbocycles. The van der Waals surface area contributed by atoms with Gasteiger partial charge in [0.05, 0.1) is 0 Å². The highest BCUT2D eigenvalue weighted by Crippen LogP contribution is 2.23. The van der Waals surface area contributed by atoms with Crippen LogP contribution < -0.4 is 15.5 Å². The summed E-state index contributed by atoms with van der Waals surface area (Å²) in [5.74, 6) is -0.00212. The van der Waals surface area contributed by atoms with Gasteiger partial charge in [-0.2, -0.15) is 0 Å². The molecule has 0 heterocycles. The molecule has 0 amide bonds. The number of likely N-dealkylation sites (N-methyl/N-ethyl adjacent to an activating group) is 1. The highest BCUT2D eigenvalue weighted by Gasteiger charge is 2.15. The number of rotatable bonds is 7. The van der Waals surface area contributed by atoms with Crippen LogP contribution in [0.4, 0.5) is 11.4 Å². The minimum Gasteiger partial charge on any atom is -0.373 e. The minimum atomic E-state index is -0.00212. The Morgan fingerprint density at radius 1 is 0.939 bits per heavy atom. The van der Waals surface area contributed by atoms with E-state index in [0.29, 0.717) is 22.8 Å². The summed E-state index contributed by atoms with van der Waals surface area (Å²) in [5.41, 5.74) is 5.78. The van der Waals surface area contributed by atoms with Crippen LogP contribution in [0.25, 0.3) is 0 Å². The Balaban J connectivity index is 1.55. The predicted octanol–water partition coefficient (Wildman–Crippen LogP) is 5.95. The van der Waals surface area contributed by atoms with Crippen molar-refractivity contribution in [2.24, 2.45) is 0 Å². The van der Waals surface area contributed by atoms with Gasteiger partial charge < -0.3 is 15.5 Å². The summed E-state index contributed by atoms with van der Waals surface area (Å²) in [6.45, 7) is 10.1. The molecule has 0 saturated carbocycles. The van der Waals surface area contributed by atoms with Crippen molar-refractivity contribution in [2.75, 3.05) is 30.4 Å². The van der Waals surface area contributed by atoms with Gasteiger partial charge in [0.25, 0.3) is 0 Å². The van der Waals surface area contributed by atoms with Crippen LogP contribution in [0.2, 0.25) is 0 Å². The van der Waals surface area contributed by atoms with Gasteiger partial charge in [-0.05, 0) is 54.4 Å². The fourth-order valence-electron chi connectivity index (χ4n) is 3.47. The standard InChI is InChI=1S/C28H33N3OS/c1-20-9-15-25(16-10-20)31(5)18-17-29-27(33)30-24-8-6-7-22(19-24)26(32)21-11-13-23(14-12-21)28(2,3)4/h6-16,19H,17-18H2,1-5H3,(H2,29,30,33). The smallest absolute Gasteiger partial charge is 0.193 e. The number of benzene rings is 3. The van der Waals surface area contributed by atoms with Crippen LogP contribution in [0.3, 0.4) is 0 Å². The van der Waals surface area contributed by atoms with Gasteiger partial charge in [-0.1, -0.05) is 74.9 Å². The lowest BCUT2D eigenvalue weighted by molar-refractivity contribution is 0.103. The lowest BCUT2D eigenvalue weighted by Crippen LogP contribution is -2.35. The summed E-state index contributed by atoms with van der Waals surface area (Å²) in [6, 6.07) is 23.8. The van der Waals surface area contributed by atoms with Crippen LogP contribution in [0.15, 0.2) is 72.8 Å². The third-order valence-electron chi connectivity index (χ3n) is 5.60. The number of ketones is 1. The first kappa shape index (κ1) is 24.5. The van der Waals surface area contributed by atoms with Gasteiger partial charge in [-0.3, -0.25) is 4.79 Å². The summed E-state index contributed by atoms with van der Waals surface area (Å²) in [5, 5.41) is 6.96. The van der Waals surface area contributed by atoms with Crippen molar-refractivity contribution in [1.82, 2.24) is 5.32 Å². The zero-order valence-corrected chi connectivity index (χ0v) is 20.9. The molecule has 0 fully saturated rings. The SMILES string of the molecule is Cc1ccc(N(C)CCNC(=S)Nc2cccc(C(=O)c3ccc(C(C)(C)C)cc3)c2)cc1. The molecule has 0 unspecified atom stereocenters. The second-order valence-corrected chi connectivity index (χ2v) is 9.78. The number of anilines is 2. The summed E-state index contributed by atoms with van der Waals surface area (Å²) < 4.78 is 0. The van der Waals surface area contributed by atoms with Crippen molar-refractivity contribution in [3.8, 4) is 0 Å². The van der Waals surface area contributed by atoms with Gasteiger partial charge in [0.1, 0.15) is 0 Å².